The molecule has 18 heavy (non-hydrogen) atoms. The molecule has 1 aliphatic rings. The highest BCUT2D eigenvalue weighted by molar-refractivity contribution is 5.78. The minimum atomic E-state index is -0.267. The van der Waals surface area contributed by atoms with E-state index in [4.69, 9.17) is 5.73 Å². The molecule has 1 heterocycles. The Morgan fingerprint density at radius 2 is 2.17 bits per heavy atom. The molecule has 1 aromatic carbocycles. The van der Waals surface area contributed by atoms with E-state index in [0.717, 1.165) is 25.1 Å². The zero-order valence-corrected chi connectivity index (χ0v) is 10.2. The molecule has 0 bridgehead atoms. The lowest BCUT2D eigenvalue weighted by Crippen LogP contribution is -2.37. The second kappa shape index (κ2) is 5.93. The van der Waals surface area contributed by atoms with E-state index in [2.05, 4.69) is 5.32 Å². The summed E-state index contributed by atoms with van der Waals surface area (Å²) >= 11 is 0. The monoisotopic (exact) mass is 251 g/mol. The molecule has 1 atom stereocenters. The first kappa shape index (κ1) is 13.0. The molecule has 0 spiro atoms. The number of nitrogens with one attached hydrogen (secondary N) is 1. The summed E-state index contributed by atoms with van der Waals surface area (Å²) < 4.78 is 12.7. The van der Waals surface area contributed by atoms with Crippen LogP contribution in [0.15, 0.2) is 24.3 Å². The zero-order chi connectivity index (χ0) is 13.0. The second-order valence-corrected chi connectivity index (χ2v) is 4.69. The van der Waals surface area contributed by atoms with Gasteiger partial charge >= 0.3 is 0 Å². The number of carbonyl (C=O) groups excluding carboxylic acids is 1. The third-order valence-electron chi connectivity index (χ3n) is 3.08. The fraction of sp³-hybridized carbons (Fsp3) is 0.462. The Hall–Kier alpha value is -1.46. The fourth-order valence-electron chi connectivity index (χ4n) is 2.07. The molecule has 1 saturated heterocycles. The van der Waals surface area contributed by atoms with Crippen molar-refractivity contribution in [1.29, 1.82) is 0 Å². The third-order valence-corrected chi connectivity index (χ3v) is 3.08. The summed E-state index contributed by atoms with van der Waals surface area (Å²) in [6.45, 7) is 2.48. The average Bonchev–Trinajstić information content (AvgIpc) is 2.74. The lowest BCUT2D eigenvalue weighted by atomic mass is 10.2. The molecule has 0 saturated carbocycles. The Balaban J connectivity index is 1.73. The lowest BCUT2D eigenvalue weighted by molar-refractivity contribution is -0.122. The van der Waals surface area contributed by atoms with Gasteiger partial charge in [-0.15, -0.1) is 0 Å². The van der Waals surface area contributed by atoms with Gasteiger partial charge in [-0.05, 0) is 24.1 Å². The van der Waals surface area contributed by atoms with E-state index in [1.807, 2.05) is 4.90 Å². The molecular formula is C13H18FN3O. The van der Waals surface area contributed by atoms with Gasteiger partial charge in [0.05, 0.1) is 6.54 Å². The van der Waals surface area contributed by atoms with Crippen molar-refractivity contribution in [1.82, 2.24) is 10.2 Å². The first-order chi connectivity index (χ1) is 8.63. The van der Waals surface area contributed by atoms with Crippen molar-refractivity contribution in [2.24, 2.45) is 5.73 Å². The maximum atomic E-state index is 12.7. The summed E-state index contributed by atoms with van der Waals surface area (Å²) in [4.78, 5) is 13.7. The van der Waals surface area contributed by atoms with Gasteiger partial charge in [-0.1, -0.05) is 12.1 Å². The van der Waals surface area contributed by atoms with Crippen LogP contribution in [0.5, 0.6) is 0 Å². The van der Waals surface area contributed by atoms with Crippen molar-refractivity contribution in [2.45, 2.75) is 19.0 Å². The van der Waals surface area contributed by atoms with Crippen LogP contribution in [0.4, 0.5) is 4.39 Å². The van der Waals surface area contributed by atoms with Crippen LogP contribution >= 0.6 is 0 Å². The van der Waals surface area contributed by atoms with E-state index in [1.165, 1.54) is 12.1 Å². The SMILES string of the molecule is N[C@@H]1CCN(CC(=O)NCc2ccc(F)cc2)C1. The van der Waals surface area contributed by atoms with Gasteiger partial charge in [0.15, 0.2) is 0 Å². The maximum Gasteiger partial charge on any atom is 0.234 e. The van der Waals surface area contributed by atoms with Gasteiger partial charge in [0, 0.05) is 25.7 Å². The number of hydrogen-bond donors (Lipinski definition) is 2. The van der Waals surface area contributed by atoms with Crippen LogP contribution in [0.1, 0.15) is 12.0 Å². The molecule has 98 valence electrons. The van der Waals surface area contributed by atoms with Crippen LogP contribution in [0.2, 0.25) is 0 Å². The second-order valence-electron chi connectivity index (χ2n) is 4.69. The van der Waals surface area contributed by atoms with Crippen molar-refractivity contribution in [2.75, 3.05) is 19.6 Å². The van der Waals surface area contributed by atoms with E-state index >= 15 is 0 Å². The van der Waals surface area contributed by atoms with Crippen LogP contribution in [0.3, 0.4) is 0 Å². The van der Waals surface area contributed by atoms with Crippen molar-refractivity contribution in [3.63, 3.8) is 0 Å². The maximum absolute atomic E-state index is 12.7. The van der Waals surface area contributed by atoms with E-state index in [0.29, 0.717) is 13.1 Å². The first-order valence-electron chi connectivity index (χ1n) is 6.12. The smallest absolute Gasteiger partial charge is 0.234 e. The largest absolute Gasteiger partial charge is 0.351 e. The molecule has 1 amide bonds. The van der Waals surface area contributed by atoms with Crippen LogP contribution < -0.4 is 11.1 Å². The zero-order valence-electron chi connectivity index (χ0n) is 10.2. The minimum absolute atomic E-state index is 0.0200. The Bertz CT molecular complexity index is 407. The molecular weight excluding hydrogens is 233 g/mol. The molecule has 4 nitrogen and oxygen atoms in total. The quantitative estimate of drug-likeness (QED) is 0.818. The Morgan fingerprint density at radius 3 is 2.78 bits per heavy atom. The molecule has 1 aromatic rings. The summed E-state index contributed by atoms with van der Waals surface area (Å²) in [5.74, 6) is -0.287. The van der Waals surface area contributed by atoms with Crippen LogP contribution in [-0.2, 0) is 11.3 Å². The van der Waals surface area contributed by atoms with E-state index in [9.17, 15) is 9.18 Å². The number of nitrogens with zero attached hydrogens (tertiary/aromatic N) is 1. The third kappa shape index (κ3) is 3.78. The van der Waals surface area contributed by atoms with E-state index in [-0.39, 0.29) is 17.8 Å². The molecule has 2 rings (SSSR count). The number of carbonyl (C=O) groups is 1. The summed E-state index contributed by atoms with van der Waals surface area (Å²) in [5.41, 5.74) is 6.66. The van der Waals surface area contributed by atoms with Gasteiger partial charge in [-0.2, -0.15) is 0 Å². The van der Waals surface area contributed by atoms with Crippen molar-refractivity contribution in [3.05, 3.63) is 35.6 Å². The van der Waals surface area contributed by atoms with Gasteiger partial charge in [0.1, 0.15) is 5.82 Å². The van der Waals surface area contributed by atoms with Gasteiger partial charge in [0.2, 0.25) is 5.91 Å². The van der Waals surface area contributed by atoms with Crippen LogP contribution in [0.25, 0.3) is 0 Å². The number of benzene rings is 1. The summed E-state index contributed by atoms with van der Waals surface area (Å²) in [5, 5.41) is 2.82. The standard InChI is InChI=1S/C13H18FN3O/c14-11-3-1-10(2-4-11)7-16-13(18)9-17-6-5-12(15)8-17/h1-4,12H,5-9,15H2,(H,16,18)/t12-/m1/s1. The number of hydrogen-bond acceptors (Lipinski definition) is 3. The van der Waals surface area contributed by atoms with Gasteiger partial charge in [-0.3, -0.25) is 9.69 Å². The molecule has 5 heteroatoms. The van der Waals surface area contributed by atoms with Crippen molar-refractivity contribution < 1.29 is 9.18 Å². The molecule has 1 fully saturated rings. The first-order valence-corrected chi connectivity index (χ1v) is 6.12. The molecule has 0 unspecified atom stereocenters. The lowest BCUT2D eigenvalue weighted by Gasteiger charge is -2.14. The van der Waals surface area contributed by atoms with Gasteiger partial charge in [-0.25, -0.2) is 4.39 Å². The number of halogens is 1. The summed E-state index contributed by atoms with van der Waals surface area (Å²) in [6.07, 6.45) is 0.950. The predicted molar refractivity (Wildman–Crippen MR) is 67.3 cm³/mol. The highest BCUT2D eigenvalue weighted by atomic mass is 19.1. The van der Waals surface area contributed by atoms with Gasteiger partial charge < -0.3 is 11.1 Å². The summed E-state index contributed by atoms with van der Waals surface area (Å²) in [7, 11) is 0. The van der Waals surface area contributed by atoms with Gasteiger partial charge in [0.25, 0.3) is 0 Å². The van der Waals surface area contributed by atoms with Crippen LogP contribution in [-0.4, -0.2) is 36.5 Å². The molecule has 3 N–H and O–H groups in total. The molecule has 0 radical (unpaired) electrons. The number of likely N-dealkylation sites (tertiary alicyclic amines) is 1. The van der Waals surface area contributed by atoms with Crippen molar-refractivity contribution >= 4 is 5.91 Å². The van der Waals surface area contributed by atoms with E-state index in [1.54, 1.807) is 12.1 Å². The highest BCUT2D eigenvalue weighted by Crippen LogP contribution is 2.06. The van der Waals surface area contributed by atoms with Crippen molar-refractivity contribution in [3.8, 4) is 0 Å². The highest BCUT2D eigenvalue weighted by Gasteiger charge is 2.20. The Kier molecular flexibility index (Phi) is 4.28. The minimum Gasteiger partial charge on any atom is -0.351 e. The average molecular weight is 251 g/mol. The Morgan fingerprint density at radius 1 is 1.44 bits per heavy atom. The topological polar surface area (TPSA) is 58.4 Å². The fourth-order valence-corrected chi connectivity index (χ4v) is 2.07. The van der Waals surface area contributed by atoms with E-state index < -0.39 is 0 Å². The number of rotatable bonds is 4. The number of nitrogens with two attached hydrogens (primary N) is 1. The molecule has 0 aliphatic carbocycles. The molecule has 1 aliphatic heterocycles. The number of amides is 1. The normalized spacial score (nSPS) is 20.0. The predicted octanol–water partition coefficient (Wildman–Crippen LogP) is 0.475. The van der Waals surface area contributed by atoms with Crippen LogP contribution in [0, 0.1) is 5.82 Å². The Labute approximate surface area is 106 Å². The summed E-state index contributed by atoms with van der Waals surface area (Å²) in [6, 6.07) is 6.31. The molecule has 0 aromatic heterocycles.